The van der Waals surface area contributed by atoms with Crippen LogP contribution in [0, 0.1) is 11.3 Å². The van der Waals surface area contributed by atoms with Gasteiger partial charge in [-0.2, -0.15) is 0 Å². The van der Waals surface area contributed by atoms with Crippen LogP contribution < -0.4 is 5.73 Å². The number of hydrogen-bond acceptors (Lipinski definition) is 3. The first-order valence-electron chi connectivity index (χ1n) is 6.34. The van der Waals surface area contributed by atoms with Crippen molar-refractivity contribution in [3.05, 3.63) is 0 Å². The van der Waals surface area contributed by atoms with E-state index in [1.807, 2.05) is 11.8 Å². The number of nitrogens with zero attached hydrogens (tertiary/aromatic N) is 2. The molecule has 0 bridgehead atoms. The molecule has 0 radical (unpaired) electrons. The third-order valence-corrected chi connectivity index (χ3v) is 3.99. The highest BCUT2D eigenvalue weighted by Crippen LogP contribution is 2.48. The SMILES string of the molecule is CCN(C(=O)C1(C(N)=NO)CC(C)C1)C1CC1. The van der Waals surface area contributed by atoms with Crippen molar-refractivity contribution in [2.24, 2.45) is 22.2 Å². The minimum atomic E-state index is -0.729. The molecule has 2 aliphatic carbocycles. The van der Waals surface area contributed by atoms with Crippen molar-refractivity contribution < 1.29 is 10.0 Å². The minimum Gasteiger partial charge on any atom is -0.409 e. The first-order chi connectivity index (χ1) is 8.05. The second kappa shape index (κ2) is 4.20. The van der Waals surface area contributed by atoms with Crippen LogP contribution in [0.5, 0.6) is 0 Å². The van der Waals surface area contributed by atoms with Crippen molar-refractivity contribution >= 4 is 11.7 Å². The van der Waals surface area contributed by atoms with Gasteiger partial charge in [0, 0.05) is 12.6 Å². The Labute approximate surface area is 102 Å². The molecular weight excluding hydrogens is 218 g/mol. The number of carbonyl (C=O) groups excluding carboxylic acids is 1. The van der Waals surface area contributed by atoms with Crippen LogP contribution >= 0.6 is 0 Å². The average molecular weight is 239 g/mol. The molecule has 2 rings (SSSR count). The van der Waals surface area contributed by atoms with E-state index in [4.69, 9.17) is 10.9 Å². The molecule has 2 fully saturated rings. The van der Waals surface area contributed by atoms with Gasteiger partial charge >= 0.3 is 0 Å². The summed E-state index contributed by atoms with van der Waals surface area (Å²) in [5.74, 6) is 0.604. The lowest BCUT2D eigenvalue weighted by molar-refractivity contribution is -0.144. The second-order valence-corrected chi connectivity index (χ2v) is 5.40. The molecule has 2 saturated carbocycles. The molecule has 3 N–H and O–H groups in total. The summed E-state index contributed by atoms with van der Waals surface area (Å²) in [5.41, 5.74) is 5.01. The van der Waals surface area contributed by atoms with Gasteiger partial charge in [0.2, 0.25) is 5.91 Å². The van der Waals surface area contributed by atoms with E-state index in [9.17, 15) is 4.79 Å². The molecule has 0 aliphatic heterocycles. The lowest BCUT2D eigenvalue weighted by Crippen LogP contribution is -2.58. The fraction of sp³-hybridized carbons (Fsp3) is 0.833. The Morgan fingerprint density at radius 3 is 2.47 bits per heavy atom. The van der Waals surface area contributed by atoms with E-state index in [1.165, 1.54) is 0 Å². The van der Waals surface area contributed by atoms with E-state index in [0.29, 0.717) is 31.3 Å². The lowest BCUT2D eigenvalue weighted by atomic mass is 9.61. The van der Waals surface area contributed by atoms with Crippen molar-refractivity contribution in [1.82, 2.24) is 4.90 Å². The van der Waals surface area contributed by atoms with E-state index in [1.54, 1.807) is 0 Å². The van der Waals surface area contributed by atoms with Crippen LogP contribution in [0.2, 0.25) is 0 Å². The zero-order chi connectivity index (χ0) is 12.6. The summed E-state index contributed by atoms with van der Waals surface area (Å²) in [7, 11) is 0. The van der Waals surface area contributed by atoms with Crippen LogP contribution in [-0.4, -0.2) is 34.4 Å². The minimum absolute atomic E-state index is 0.0518. The smallest absolute Gasteiger partial charge is 0.236 e. The molecule has 0 aromatic carbocycles. The molecule has 5 nitrogen and oxygen atoms in total. The maximum Gasteiger partial charge on any atom is 0.236 e. The van der Waals surface area contributed by atoms with Crippen molar-refractivity contribution in [3.8, 4) is 0 Å². The number of carbonyl (C=O) groups is 1. The summed E-state index contributed by atoms with van der Waals surface area (Å²) < 4.78 is 0. The number of oxime groups is 1. The topological polar surface area (TPSA) is 78.9 Å². The molecule has 0 spiro atoms. The summed E-state index contributed by atoms with van der Waals surface area (Å²) in [5, 5.41) is 12.0. The molecular formula is C12H21N3O2. The van der Waals surface area contributed by atoms with Crippen LogP contribution in [0.15, 0.2) is 5.16 Å². The molecule has 1 amide bonds. The monoisotopic (exact) mass is 239 g/mol. The predicted molar refractivity (Wildman–Crippen MR) is 64.6 cm³/mol. The van der Waals surface area contributed by atoms with Gasteiger partial charge in [0.05, 0.1) is 0 Å². The van der Waals surface area contributed by atoms with Gasteiger partial charge in [-0.3, -0.25) is 4.79 Å². The number of amides is 1. The molecule has 0 saturated heterocycles. The van der Waals surface area contributed by atoms with Gasteiger partial charge in [-0.1, -0.05) is 12.1 Å². The number of nitrogens with two attached hydrogens (primary N) is 1. The Kier molecular flexibility index (Phi) is 3.02. The number of rotatable bonds is 4. The zero-order valence-corrected chi connectivity index (χ0v) is 10.5. The summed E-state index contributed by atoms with van der Waals surface area (Å²) >= 11 is 0. The number of hydrogen-bond donors (Lipinski definition) is 2. The molecule has 5 heteroatoms. The van der Waals surface area contributed by atoms with E-state index >= 15 is 0 Å². The second-order valence-electron chi connectivity index (χ2n) is 5.40. The Balaban J connectivity index is 2.19. The van der Waals surface area contributed by atoms with Gasteiger partial charge in [0.1, 0.15) is 5.41 Å². The van der Waals surface area contributed by atoms with Gasteiger partial charge in [-0.15, -0.1) is 0 Å². The van der Waals surface area contributed by atoms with Gasteiger partial charge in [0.25, 0.3) is 0 Å². The van der Waals surface area contributed by atoms with E-state index < -0.39 is 5.41 Å². The Morgan fingerprint density at radius 2 is 2.12 bits per heavy atom. The highest BCUT2D eigenvalue weighted by Gasteiger charge is 2.55. The normalized spacial score (nSPS) is 33.1. The zero-order valence-electron chi connectivity index (χ0n) is 10.5. The summed E-state index contributed by atoms with van der Waals surface area (Å²) in [6.07, 6.45) is 3.57. The lowest BCUT2D eigenvalue weighted by Gasteiger charge is -2.46. The van der Waals surface area contributed by atoms with Crippen LogP contribution in [0.3, 0.4) is 0 Å². The largest absolute Gasteiger partial charge is 0.409 e. The van der Waals surface area contributed by atoms with Gasteiger partial charge in [-0.25, -0.2) is 0 Å². The van der Waals surface area contributed by atoms with Crippen molar-refractivity contribution in [3.63, 3.8) is 0 Å². The number of amidine groups is 1. The molecule has 0 unspecified atom stereocenters. The molecule has 0 aromatic rings. The Hall–Kier alpha value is -1.26. The molecule has 2 aliphatic rings. The third kappa shape index (κ3) is 1.87. The molecule has 0 aromatic heterocycles. The Bertz CT molecular complexity index is 344. The summed E-state index contributed by atoms with van der Waals surface area (Å²) in [6, 6.07) is 0.381. The van der Waals surface area contributed by atoms with Gasteiger partial charge < -0.3 is 15.8 Å². The summed E-state index contributed by atoms with van der Waals surface area (Å²) in [6.45, 7) is 4.78. The predicted octanol–water partition coefficient (Wildman–Crippen LogP) is 1.16. The quantitative estimate of drug-likeness (QED) is 0.334. The Morgan fingerprint density at radius 1 is 1.53 bits per heavy atom. The maximum atomic E-state index is 12.6. The van der Waals surface area contributed by atoms with Crippen LogP contribution in [0.1, 0.15) is 39.5 Å². The average Bonchev–Trinajstić information content (AvgIpc) is 3.08. The highest BCUT2D eigenvalue weighted by molar-refractivity contribution is 6.07. The molecule has 0 heterocycles. The first-order valence-corrected chi connectivity index (χ1v) is 6.34. The molecule has 0 atom stereocenters. The van der Waals surface area contributed by atoms with Crippen LogP contribution in [-0.2, 0) is 4.79 Å². The molecule has 96 valence electrons. The van der Waals surface area contributed by atoms with E-state index in [-0.39, 0.29) is 11.7 Å². The maximum absolute atomic E-state index is 12.6. The van der Waals surface area contributed by atoms with E-state index in [2.05, 4.69) is 12.1 Å². The summed E-state index contributed by atoms with van der Waals surface area (Å²) in [4.78, 5) is 14.5. The first kappa shape index (κ1) is 12.2. The fourth-order valence-corrected chi connectivity index (χ4v) is 2.95. The fourth-order valence-electron chi connectivity index (χ4n) is 2.95. The van der Waals surface area contributed by atoms with Crippen molar-refractivity contribution in [1.29, 1.82) is 0 Å². The standard InChI is InChI=1S/C12H21N3O2/c1-3-15(9-4-5-9)11(16)12(10(13)14-17)6-8(2)7-12/h8-9,17H,3-7H2,1-2H3,(H2,13,14). The van der Waals surface area contributed by atoms with Crippen LogP contribution in [0.25, 0.3) is 0 Å². The van der Waals surface area contributed by atoms with Gasteiger partial charge in [-0.05, 0) is 38.5 Å². The van der Waals surface area contributed by atoms with Crippen LogP contribution in [0.4, 0.5) is 0 Å². The van der Waals surface area contributed by atoms with Crippen molar-refractivity contribution in [2.75, 3.05) is 6.54 Å². The highest BCUT2D eigenvalue weighted by atomic mass is 16.4. The van der Waals surface area contributed by atoms with E-state index in [0.717, 1.165) is 12.8 Å². The molecule has 17 heavy (non-hydrogen) atoms. The third-order valence-electron chi connectivity index (χ3n) is 3.99. The van der Waals surface area contributed by atoms with Gasteiger partial charge in [0.15, 0.2) is 5.84 Å². The van der Waals surface area contributed by atoms with Crippen molar-refractivity contribution in [2.45, 2.75) is 45.6 Å².